The van der Waals surface area contributed by atoms with Gasteiger partial charge in [0.15, 0.2) is 5.82 Å². The van der Waals surface area contributed by atoms with Gasteiger partial charge < -0.3 is 4.98 Å². The van der Waals surface area contributed by atoms with Crippen LogP contribution in [0.4, 0.5) is 0 Å². The van der Waals surface area contributed by atoms with Crippen LogP contribution in [0.2, 0.25) is 0 Å². The minimum absolute atomic E-state index is 0.213. The van der Waals surface area contributed by atoms with E-state index >= 15 is 0 Å². The smallest absolute Gasteiger partial charge is 0.211 e. The molecule has 1 atom stereocenters. The van der Waals surface area contributed by atoms with Crippen molar-refractivity contribution in [1.82, 2.24) is 24.2 Å². The van der Waals surface area contributed by atoms with Crippen molar-refractivity contribution >= 4 is 10.0 Å². The van der Waals surface area contributed by atoms with E-state index in [1.807, 2.05) is 6.07 Å². The molecule has 0 radical (unpaired) electrons. The molecule has 1 aliphatic heterocycles. The summed E-state index contributed by atoms with van der Waals surface area (Å²) < 4.78 is 25.3. The van der Waals surface area contributed by atoms with Gasteiger partial charge in [-0.2, -0.15) is 4.31 Å². The van der Waals surface area contributed by atoms with E-state index in [0.29, 0.717) is 23.9 Å². The molecule has 2 aromatic heterocycles. The first-order valence-electron chi connectivity index (χ1n) is 6.77. The number of nitrogens with one attached hydrogen (secondary N) is 1. The van der Waals surface area contributed by atoms with Crippen molar-refractivity contribution in [3.63, 3.8) is 0 Å². The molecule has 3 rings (SSSR count). The largest absolute Gasteiger partial charge is 0.343 e. The summed E-state index contributed by atoms with van der Waals surface area (Å²) in [6, 6.07) is 1.61. The molecule has 1 N–H and O–H groups in total. The van der Waals surface area contributed by atoms with Gasteiger partial charge in [-0.3, -0.25) is 0 Å². The number of imidazole rings is 1. The third-order valence-corrected chi connectivity index (χ3v) is 4.86. The van der Waals surface area contributed by atoms with Gasteiger partial charge in [0.25, 0.3) is 0 Å². The maximum Gasteiger partial charge on any atom is 0.211 e. The fourth-order valence-electron chi connectivity index (χ4n) is 2.72. The van der Waals surface area contributed by atoms with Crippen LogP contribution < -0.4 is 0 Å². The van der Waals surface area contributed by atoms with Crippen LogP contribution in [0.5, 0.6) is 0 Å². The summed E-state index contributed by atoms with van der Waals surface area (Å²) in [7, 11) is -3.23. The van der Waals surface area contributed by atoms with Crippen LogP contribution in [0.1, 0.15) is 30.4 Å². The van der Waals surface area contributed by atoms with Crippen molar-refractivity contribution in [1.29, 1.82) is 0 Å². The molecule has 1 fully saturated rings. The first-order chi connectivity index (χ1) is 9.95. The molecule has 0 aromatic carbocycles. The summed E-state index contributed by atoms with van der Waals surface area (Å²) in [4.78, 5) is 16.0. The number of nitrogens with zero attached hydrogens (tertiary/aromatic N) is 4. The third kappa shape index (κ3) is 2.81. The van der Waals surface area contributed by atoms with E-state index in [2.05, 4.69) is 19.9 Å². The topological polar surface area (TPSA) is 91.8 Å². The maximum atomic E-state index is 11.9. The Hall–Kier alpha value is -1.80. The number of sulfonamides is 1. The molecule has 8 heteroatoms. The van der Waals surface area contributed by atoms with Crippen molar-refractivity contribution in [2.45, 2.75) is 25.8 Å². The quantitative estimate of drug-likeness (QED) is 0.922. The molecular weight excluding hydrogens is 290 g/mol. The number of hydrogen-bond donors (Lipinski definition) is 1. The molecule has 0 bridgehead atoms. The molecule has 0 amide bonds. The van der Waals surface area contributed by atoms with Gasteiger partial charge in [-0.15, -0.1) is 0 Å². The monoisotopic (exact) mass is 307 g/mol. The van der Waals surface area contributed by atoms with E-state index in [1.54, 1.807) is 19.3 Å². The van der Waals surface area contributed by atoms with Crippen LogP contribution in [0.25, 0.3) is 11.5 Å². The van der Waals surface area contributed by atoms with Crippen LogP contribution >= 0.6 is 0 Å². The second-order valence-electron chi connectivity index (χ2n) is 5.19. The summed E-state index contributed by atoms with van der Waals surface area (Å²) in [5, 5.41) is 0. The SMILES string of the molecule is Cc1nc(-c2ncc[nH]2)cc([C@@H]2CCCN2S(C)(=O)=O)n1. The highest BCUT2D eigenvalue weighted by Crippen LogP contribution is 2.33. The molecule has 1 saturated heterocycles. The minimum atomic E-state index is -3.23. The summed E-state index contributed by atoms with van der Waals surface area (Å²) in [5.41, 5.74) is 1.42. The van der Waals surface area contributed by atoms with E-state index in [4.69, 9.17) is 0 Å². The van der Waals surface area contributed by atoms with E-state index in [0.717, 1.165) is 18.5 Å². The van der Waals surface area contributed by atoms with E-state index < -0.39 is 10.0 Å². The van der Waals surface area contributed by atoms with E-state index in [9.17, 15) is 8.42 Å². The van der Waals surface area contributed by atoms with Gasteiger partial charge in [0.1, 0.15) is 11.5 Å². The maximum absolute atomic E-state index is 11.9. The summed E-state index contributed by atoms with van der Waals surface area (Å²) in [6.07, 6.45) is 6.25. The Balaban J connectivity index is 2.03. The lowest BCUT2D eigenvalue weighted by Crippen LogP contribution is -2.30. The van der Waals surface area contributed by atoms with Gasteiger partial charge in [-0.25, -0.2) is 23.4 Å². The van der Waals surface area contributed by atoms with E-state index in [1.165, 1.54) is 10.6 Å². The number of H-pyrrole nitrogens is 1. The molecule has 2 aromatic rings. The van der Waals surface area contributed by atoms with Crippen molar-refractivity contribution in [3.8, 4) is 11.5 Å². The van der Waals surface area contributed by atoms with Gasteiger partial charge in [0, 0.05) is 18.9 Å². The highest BCUT2D eigenvalue weighted by atomic mass is 32.2. The fraction of sp³-hybridized carbons (Fsp3) is 0.462. The average Bonchev–Trinajstić information content (AvgIpc) is 3.09. The van der Waals surface area contributed by atoms with Crippen molar-refractivity contribution in [2.75, 3.05) is 12.8 Å². The van der Waals surface area contributed by atoms with Gasteiger partial charge in [-0.1, -0.05) is 0 Å². The Morgan fingerprint density at radius 3 is 2.86 bits per heavy atom. The summed E-state index contributed by atoms with van der Waals surface area (Å²) >= 11 is 0. The van der Waals surface area contributed by atoms with Crippen LogP contribution in [-0.2, 0) is 10.0 Å². The van der Waals surface area contributed by atoms with Gasteiger partial charge in [0.2, 0.25) is 10.0 Å². The summed E-state index contributed by atoms with van der Waals surface area (Å²) in [5.74, 6) is 1.27. The van der Waals surface area contributed by atoms with Crippen molar-refractivity contribution in [3.05, 3.63) is 30.0 Å². The zero-order valence-corrected chi connectivity index (χ0v) is 12.8. The first-order valence-corrected chi connectivity index (χ1v) is 8.62. The molecular formula is C13H17N5O2S. The Kier molecular flexibility index (Phi) is 3.50. The Labute approximate surface area is 123 Å². The zero-order valence-electron chi connectivity index (χ0n) is 11.9. The fourth-order valence-corrected chi connectivity index (χ4v) is 3.86. The predicted molar refractivity (Wildman–Crippen MR) is 77.9 cm³/mol. The number of hydrogen-bond acceptors (Lipinski definition) is 5. The van der Waals surface area contributed by atoms with Crippen LogP contribution in [0.15, 0.2) is 18.5 Å². The molecule has 112 valence electrons. The van der Waals surface area contributed by atoms with Gasteiger partial charge in [-0.05, 0) is 25.8 Å². The highest BCUT2D eigenvalue weighted by molar-refractivity contribution is 7.88. The third-order valence-electron chi connectivity index (χ3n) is 3.57. The minimum Gasteiger partial charge on any atom is -0.343 e. The lowest BCUT2D eigenvalue weighted by atomic mass is 10.1. The molecule has 1 aliphatic rings. The molecule has 3 heterocycles. The second-order valence-corrected chi connectivity index (χ2v) is 7.13. The molecule has 21 heavy (non-hydrogen) atoms. The number of aromatic nitrogens is 4. The Morgan fingerprint density at radius 2 is 2.19 bits per heavy atom. The predicted octanol–water partition coefficient (Wildman–Crippen LogP) is 1.27. The highest BCUT2D eigenvalue weighted by Gasteiger charge is 2.33. The number of rotatable bonds is 3. The van der Waals surface area contributed by atoms with Crippen LogP contribution in [0, 0.1) is 6.92 Å². The second kappa shape index (κ2) is 5.19. The Morgan fingerprint density at radius 1 is 1.38 bits per heavy atom. The first kappa shape index (κ1) is 14.2. The van der Waals surface area contributed by atoms with Crippen molar-refractivity contribution < 1.29 is 8.42 Å². The van der Waals surface area contributed by atoms with Crippen LogP contribution in [-0.4, -0.2) is 45.5 Å². The Bertz CT molecular complexity index is 742. The van der Waals surface area contributed by atoms with Gasteiger partial charge in [0.05, 0.1) is 18.0 Å². The zero-order chi connectivity index (χ0) is 15.0. The molecule has 0 spiro atoms. The molecule has 0 unspecified atom stereocenters. The van der Waals surface area contributed by atoms with Crippen LogP contribution in [0.3, 0.4) is 0 Å². The lowest BCUT2D eigenvalue weighted by molar-refractivity contribution is 0.393. The average molecular weight is 307 g/mol. The van der Waals surface area contributed by atoms with Crippen molar-refractivity contribution in [2.24, 2.45) is 0 Å². The van der Waals surface area contributed by atoms with E-state index in [-0.39, 0.29) is 6.04 Å². The number of aryl methyl sites for hydroxylation is 1. The molecule has 7 nitrogen and oxygen atoms in total. The summed E-state index contributed by atoms with van der Waals surface area (Å²) in [6.45, 7) is 2.35. The van der Waals surface area contributed by atoms with Gasteiger partial charge >= 0.3 is 0 Å². The molecule has 0 saturated carbocycles. The standard InChI is InChI=1S/C13H17N5O2S/c1-9-16-10(8-11(17-9)13-14-5-6-15-13)12-4-3-7-18(12)21(2,19)20/h5-6,8,12H,3-4,7H2,1-2H3,(H,14,15)/t12-/m0/s1. The lowest BCUT2D eigenvalue weighted by Gasteiger charge is -2.22. The number of aromatic amines is 1. The molecule has 0 aliphatic carbocycles. The normalized spacial score (nSPS) is 20.0.